The van der Waals surface area contributed by atoms with Crippen molar-refractivity contribution >= 4 is 27.5 Å². The molecule has 2 N–H and O–H groups in total. The average Bonchev–Trinajstić information content (AvgIpc) is 2.37. The summed E-state index contributed by atoms with van der Waals surface area (Å²) in [7, 11) is 1.49. The zero-order valence-corrected chi connectivity index (χ0v) is 13.4. The quantitative estimate of drug-likeness (QED) is 0.878. The van der Waals surface area contributed by atoms with Crippen LogP contribution in [0.25, 0.3) is 0 Å². The summed E-state index contributed by atoms with van der Waals surface area (Å²) in [6.45, 7) is 1.73. The Balaban J connectivity index is 2.54. The molecule has 20 heavy (non-hydrogen) atoms. The van der Waals surface area contributed by atoms with Gasteiger partial charge in [-0.25, -0.2) is 4.39 Å². The van der Waals surface area contributed by atoms with E-state index in [1.807, 2.05) is 6.07 Å². The molecular formula is C15H14BrClFNO. The predicted octanol–water partition coefficient (Wildman–Crippen LogP) is 4.47. The smallest absolute Gasteiger partial charge is 0.132 e. The standard InChI is InChI=1S/C15H14BrClFNO/c1-15(19,11-5-3-9(16)7-13(11)17)12-6-4-10(20-2)8-14(12)18/h3-8H,19H2,1-2H3. The van der Waals surface area contributed by atoms with E-state index in [-0.39, 0.29) is 0 Å². The van der Waals surface area contributed by atoms with Crippen LogP contribution in [0, 0.1) is 5.82 Å². The molecule has 2 aromatic carbocycles. The molecule has 0 saturated carbocycles. The number of hydrogen-bond acceptors (Lipinski definition) is 2. The molecule has 1 unspecified atom stereocenters. The van der Waals surface area contributed by atoms with Crippen LogP contribution in [0.1, 0.15) is 18.1 Å². The summed E-state index contributed by atoms with van der Waals surface area (Å²) in [6.07, 6.45) is 0. The van der Waals surface area contributed by atoms with Gasteiger partial charge in [0.15, 0.2) is 0 Å². The molecule has 0 saturated heterocycles. The zero-order valence-electron chi connectivity index (χ0n) is 11.1. The Kier molecular flexibility index (Phi) is 4.37. The second-order valence-electron chi connectivity index (χ2n) is 4.67. The Morgan fingerprint density at radius 1 is 1.20 bits per heavy atom. The minimum absolute atomic E-state index is 0.363. The van der Waals surface area contributed by atoms with Gasteiger partial charge >= 0.3 is 0 Å². The van der Waals surface area contributed by atoms with Crippen LogP contribution in [0.3, 0.4) is 0 Å². The molecule has 0 aromatic heterocycles. The second-order valence-corrected chi connectivity index (χ2v) is 6.00. The molecule has 0 aliphatic carbocycles. The van der Waals surface area contributed by atoms with Gasteiger partial charge in [0.05, 0.1) is 12.6 Å². The first-order valence-electron chi connectivity index (χ1n) is 5.94. The number of halogens is 3. The predicted molar refractivity (Wildman–Crippen MR) is 82.7 cm³/mol. The Hall–Kier alpha value is -1.10. The normalized spacial score (nSPS) is 13.9. The summed E-state index contributed by atoms with van der Waals surface area (Å²) in [6, 6.07) is 9.96. The maximum Gasteiger partial charge on any atom is 0.132 e. The van der Waals surface area contributed by atoms with Gasteiger partial charge in [-0.3, -0.25) is 0 Å². The molecule has 106 valence electrons. The van der Waals surface area contributed by atoms with E-state index in [4.69, 9.17) is 22.1 Å². The fourth-order valence-corrected chi connectivity index (χ4v) is 2.97. The van der Waals surface area contributed by atoms with E-state index in [0.29, 0.717) is 21.9 Å². The van der Waals surface area contributed by atoms with Crippen LogP contribution in [0.2, 0.25) is 5.02 Å². The Morgan fingerprint density at radius 3 is 2.40 bits per heavy atom. The molecule has 0 aliphatic rings. The highest BCUT2D eigenvalue weighted by Gasteiger charge is 2.29. The van der Waals surface area contributed by atoms with Gasteiger partial charge in [0, 0.05) is 21.1 Å². The van der Waals surface area contributed by atoms with Crippen molar-refractivity contribution < 1.29 is 9.13 Å². The maximum absolute atomic E-state index is 14.2. The van der Waals surface area contributed by atoms with Gasteiger partial charge in [0.2, 0.25) is 0 Å². The van der Waals surface area contributed by atoms with Gasteiger partial charge in [-0.15, -0.1) is 0 Å². The fraction of sp³-hybridized carbons (Fsp3) is 0.200. The lowest BCUT2D eigenvalue weighted by atomic mass is 9.85. The van der Waals surface area contributed by atoms with Gasteiger partial charge in [0.1, 0.15) is 11.6 Å². The number of benzene rings is 2. The highest BCUT2D eigenvalue weighted by Crippen LogP contribution is 2.35. The van der Waals surface area contributed by atoms with Gasteiger partial charge in [-0.1, -0.05) is 39.7 Å². The molecule has 0 fully saturated rings. The molecule has 0 radical (unpaired) electrons. The fourth-order valence-electron chi connectivity index (χ4n) is 2.10. The molecule has 5 heteroatoms. The summed E-state index contributed by atoms with van der Waals surface area (Å²) < 4.78 is 20.1. The highest BCUT2D eigenvalue weighted by atomic mass is 79.9. The number of nitrogens with two attached hydrogens (primary N) is 1. The number of methoxy groups -OCH3 is 1. The summed E-state index contributed by atoms with van der Waals surface area (Å²) >= 11 is 9.55. The topological polar surface area (TPSA) is 35.2 Å². The Morgan fingerprint density at radius 2 is 1.85 bits per heavy atom. The lowest BCUT2D eigenvalue weighted by Gasteiger charge is -2.27. The molecule has 0 bridgehead atoms. The van der Waals surface area contributed by atoms with Crippen molar-refractivity contribution in [2.75, 3.05) is 7.11 Å². The third-order valence-electron chi connectivity index (χ3n) is 3.23. The molecule has 2 nitrogen and oxygen atoms in total. The van der Waals surface area contributed by atoms with E-state index >= 15 is 0 Å². The SMILES string of the molecule is COc1ccc(C(C)(N)c2ccc(Br)cc2Cl)c(F)c1. The van der Waals surface area contributed by atoms with Crippen molar-refractivity contribution in [3.8, 4) is 5.75 Å². The van der Waals surface area contributed by atoms with Gasteiger partial charge in [-0.05, 0) is 30.7 Å². The lowest BCUT2D eigenvalue weighted by Crippen LogP contribution is -2.35. The zero-order chi connectivity index (χ0) is 14.9. The molecule has 1 atom stereocenters. The molecular weight excluding hydrogens is 345 g/mol. The Labute approximate surface area is 130 Å². The first-order valence-corrected chi connectivity index (χ1v) is 7.12. The number of rotatable bonds is 3. The van der Waals surface area contributed by atoms with Crippen LogP contribution < -0.4 is 10.5 Å². The maximum atomic E-state index is 14.2. The van der Waals surface area contributed by atoms with Gasteiger partial charge < -0.3 is 10.5 Å². The highest BCUT2D eigenvalue weighted by molar-refractivity contribution is 9.10. The summed E-state index contributed by atoms with van der Waals surface area (Å²) in [5.41, 5.74) is 6.31. The van der Waals surface area contributed by atoms with Crippen LogP contribution in [-0.2, 0) is 5.54 Å². The van der Waals surface area contributed by atoms with E-state index in [2.05, 4.69) is 15.9 Å². The van der Waals surface area contributed by atoms with Crippen LogP contribution >= 0.6 is 27.5 Å². The lowest BCUT2D eigenvalue weighted by molar-refractivity contribution is 0.409. The molecule has 0 heterocycles. The molecule has 0 spiro atoms. The van der Waals surface area contributed by atoms with Gasteiger partial charge in [0.25, 0.3) is 0 Å². The second kappa shape index (κ2) is 5.72. The van der Waals surface area contributed by atoms with Crippen molar-refractivity contribution in [1.29, 1.82) is 0 Å². The van der Waals surface area contributed by atoms with Crippen LogP contribution in [0.5, 0.6) is 5.75 Å². The number of ether oxygens (including phenoxy) is 1. The summed E-state index contributed by atoms with van der Waals surface area (Å²) in [4.78, 5) is 0. The van der Waals surface area contributed by atoms with Crippen LogP contribution in [0.4, 0.5) is 4.39 Å². The van der Waals surface area contributed by atoms with Crippen LogP contribution in [0.15, 0.2) is 40.9 Å². The minimum atomic E-state index is -1.03. The van der Waals surface area contributed by atoms with E-state index in [9.17, 15) is 4.39 Å². The molecule has 0 aliphatic heterocycles. The van der Waals surface area contributed by atoms with Crippen molar-refractivity contribution in [3.05, 3.63) is 62.8 Å². The Bertz CT molecular complexity index is 646. The molecule has 0 amide bonds. The third kappa shape index (κ3) is 2.82. The van der Waals surface area contributed by atoms with Crippen molar-refractivity contribution in [3.63, 3.8) is 0 Å². The largest absolute Gasteiger partial charge is 0.497 e. The van der Waals surface area contributed by atoms with E-state index in [0.717, 1.165) is 4.47 Å². The first-order chi connectivity index (χ1) is 9.36. The van der Waals surface area contributed by atoms with Gasteiger partial charge in [-0.2, -0.15) is 0 Å². The van der Waals surface area contributed by atoms with Crippen molar-refractivity contribution in [2.24, 2.45) is 5.73 Å². The average molecular weight is 359 g/mol. The van der Waals surface area contributed by atoms with Crippen molar-refractivity contribution in [2.45, 2.75) is 12.5 Å². The molecule has 2 aromatic rings. The number of hydrogen-bond donors (Lipinski definition) is 1. The van der Waals surface area contributed by atoms with Crippen molar-refractivity contribution in [1.82, 2.24) is 0 Å². The van der Waals surface area contributed by atoms with Crippen LogP contribution in [-0.4, -0.2) is 7.11 Å². The van der Waals surface area contributed by atoms with E-state index < -0.39 is 11.4 Å². The third-order valence-corrected chi connectivity index (χ3v) is 4.03. The first kappa shape index (κ1) is 15.3. The minimum Gasteiger partial charge on any atom is -0.497 e. The monoisotopic (exact) mass is 357 g/mol. The molecule has 2 rings (SSSR count). The van der Waals surface area contributed by atoms with E-state index in [1.165, 1.54) is 13.2 Å². The van der Waals surface area contributed by atoms with E-state index in [1.54, 1.807) is 31.2 Å². The summed E-state index contributed by atoms with van der Waals surface area (Å²) in [5.74, 6) is 0.0253. The summed E-state index contributed by atoms with van der Waals surface area (Å²) in [5, 5.41) is 0.486.